The van der Waals surface area contributed by atoms with E-state index in [1.807, 2.05) is 56.3 Å². The molecule has 0 unspecified atom stereocenters. The van der Waals surface area contributed by atoms with E-state index in [1.54, 1.807) is 36.0 Å². The van der Waals surface area contributed by atoms with Crippen LogP contribution >= 0.6 is 111 Å². The summed E-state index contributed by atoms with van der Waals surface area (Å²) < 4.78 is 9.35. The molecule has 0 bridgehead atoms. The van der Waals surface area contributed by atoms with Crippen LogP contribution < -0.4 is 8.86 Å². The minimum Gasteiger partial charge on any atom is -0.505 e. The quantitative estimate of drug-likeness (QED) is 0.0426. The van der Waals surface area contributed by atoms with Gasteiger partial charge in [-0.25, -0.2) is 0 Å². The predicted octanol–water partition coefficient (Wildman–Crippen LogP) is 16.6. The lowest BCUT2D eigenvalue weighted by atomic mass is 9.78. The van der Waals surface area contributed by atoms with Crippen molar-refractivity contribution in [3.63, 3.8) is 0 Å². The lowest BCUT2D eigenvalue weighted by Gasteiger charge is -2.28. The molecule has 316 valence electrons. The van der Waals surface area contributed by atoms with Crippen molar-refractivity contribution in [3.05, 3.63) is 197 Å². The minimum atomic E-state index is -0.541. The highest BCUT2D eigenvalue weighted by Gasteiger charge is 2.28. The number of halogens is 5. The van der Waals surface area contributed by atoms with Gasteiger partial charge in [0.05, 0.1) is 26.7 Å². The number of hydrogen-bond acceptors (Lipinski definition) is 7. The normalized spacial score (nSPS) is 13.2. The zero-order valence-corrected chi connectivity index (χ0v) is 41.9. The van der Waals surface area contributed by atoms with Crippen LogP contribution in [-0.2, 0) is 18.3 Å². The number of nitrogens with one attached hydrogen (secondary N) is 1. The summed E-state index contributed by atoms with van der Waals surface area (Å²) in [4.78, 5) is 4.30. The third kappa shape index (κ3) is 11.8. The second kappa shape index (κ2) is 21.9. The SMILES string of the molecule is Cc1ccccc1/C(S)=C(/S)c1ccc(CCOc2c(Cl)cc(C(C)(C)c3cc(Cl)c(O)c(Cl)c3)cc2Cl)cc1.Cc1ccccc1C1=C(c2ccc(CCBr)cc2)SNS1. The number of ether oxygens (including phenoxy) is 1. The summed E-state index contributed by atoms with van der Waals surface area (Å²) in [7, 11) is 0. The Morgan fingerprint density at radius 2 is 1.20 bits per heavy atom. The molecule has 0 saturated heterocycles. The van der Waals surface area contributed by atoms with Crippen LogP contribution in [0.25, 0.3) is 19.6 Å². The first kappa shape index (κ1) is 47.9. The lowest BCUT2D eigenvalue weighted by molar-refractivity contribution is 0.322. The van der Waals surface area contributed by atoms with Crippen LogP contribution in [-0.4, -0.2) is 17.0 Å². The molecular formula is C49H44BrCl4NO2S4. The number of alkyl halides is 1. The topological polar surface area (TPSA) is 41.5 Å². The van der Waals surface area contributed by atoms with E-state index in [0.29, 0.717) is 28.8 Å². The maximum Gasteiger partial charge on any atom is 0.156 e. The van der Waals surface area contributed by atoms with Gasteiger partial charge in [-0.15, -0.1) is 25.3 Å². The van der Waals surface area contributed by atoms with Gasteiger partial charge in [0, 0.05) is 36.8 Å². The molecule has 0 radical (unpaired) electrons. The van der Waals surface area contributed by atoms with Gasteiger partial charge in [0.1, 0.15) is 0 Å². The van der Waals surface area contributed by atoms with E-state index in [1.165, 1.54) is 32.1 Å². The van der Waals surface area contributed by atoms with Gasteiger partial charge < -0.3 is 9.84 Å². The third-order valence-electron chi connectivity index (χ3n) is 10.4. The summed E-state index contributed by atoms with van der Waals surface area (Å²) >= 11 is 42.0. The summed E-state index contributed by atoms with van der Waals surface area (Å²) in [6.45, 7) is 8.63. The van der Waals surface area contributed by atoms with Gasteiger partial charge in [0.15, 0.2) is 11.5 Å². The fourth-order valence-electron chi connectivity index (χ4n) is 6.68. The first-order chi connectivity index (χ1) is 29.2. The maximum absolute atomic E-state index is 9.94. The fraction of sp³-hybridized carbons (Fsp3) is 0.184. The molecule has 0 aliphatic carbocycles. The number of thiol groups is 2. The Hall–Kier alpha value is -2.60. The molecule has 1 aliphatic rings. The number of rotatable bonds is 12. The Balaban J connectivity index is 0.000000247. The molecule has 1 aliphatic heterocycles. The summed E-state index contributed by atoms with van der Waals surface area (Å²) in [6, 6.07) is 40.8. The summed E-state index contributed by atoms with van der Waals surface area (Å²) in [6.07, 6.45) is 1.74. The highest BCUT2D eigenvalue weighted by atomic mass is 79.9. The van der Waals surface area contributed by atoms with Crippen LogP contribution in [0.5, 0.6) is 11.5 Å². The van der Waals surface area contributed by atoms with E-state index in [9.17, 15) is 5.11 Å². The van der Waals surface area contributed by atoms with Gasteiger partial charge in [-0.05, 0) is 124 Å². The van der Waals surface area contributed by atoms with Gasteiger partial charge in [-0.1, -0.05) is 173 Å². The zero-order valence-electron chi connectivity index (χ0n) is 33.8. The number of phenolic OH excluding ortho intramolecular Hbond substituents is 1. The predicted molar refractivity (Wildman–Crippen MR) is 279 cm³/mol. The maximum atomic E-state index is 9.94. The van der Waals surface area contributed by atoms with Crippen LogP contribution in [0.3, 0.4) is 0 Å². The van der Waals surface area contributed by atoms with Crippen molar-refractivity contribution in [1.29, 1.82) is 0 Å². The number of hydrogen-bond donors (Lipinski definition) is 4. The molecule has 0 aromatic heterocycles. The van der Waals surface area contributed by atoms with E-state index in [4.69, 9.17) is 76.4 Å². The smallest absolute Gasteiger partial charge is 0.156 e. The number of phenols is 1. The minimum absolute atomic E-state index is 0.145. The van der Waals surface area contributed by atoms with E-state index in [0.717, 1.165) is 54.9 Å². The third-order valence-corrected chi connectivity index (χ3v) is 15.2. The van der Waals surface area contributed by atoms with E-state index >= 15 is 0 Å². The van der Waals surface area contributed by atoms with Crippen molar-refractivity contribution in [1.82, 2.24) is 4.13 Å². The van der Waals surface area contributed by atoms with Crippen molar-refractivity contribution >= 4 is 131 Å². The van der Waals surface area contributed by atoms with Crippen LogP contribution in [0.1, 0.15) is 69.5 Å². The average molecular weight is 1030 g/mol. The summed E-state index contributed by atoms with van der Waals surface area (Å²) in [5, 5.41) is 12.1. The molecule has 0 fully saturated rings. The molecule has 3 nitrogen and oxygen atoms in total. The molecule has 61 heavy (non-hydrogen) atoms. The second-order valence-electron chi connectivity index (χ2n) is 14.9. The molecule has 0 amide bonds. The first-order valence-corrected chi connectivity index (χ1v) is 24.5. The van der Waals surface area contributed by atoms with Crippen LogP contribution in [0.2, 0.25) is 20.1 Å². The van der Waals surface area contributed by atoms with Gasteiger partial charge in [0.25, 0.3) is 0 Å². The molecular weight excluding hydrogens is 985 g/mol. The Morgan fingerprint density at radius 3 is 1.79 bits per heavy atom. The highest BCUT2D eigenvalue weighted by Crippen LogP contribution is 2.47. The van der Waals surface area contributed by atoms with Crippen LogP contribution in [0.15, 0.2) is 121 Å². The van der Waals surface area contributed by atoms with E-state index < -0.39 is 5.41 Å². The molecule has 7 rings (SSSR count). The second-order valence-corrected chi connectivity index (χ2v) is 20.1. The van der Waals surface area contributed by atoms with Crippen LogP contribution in [0.4, 0.5) is 0 Å². The van der Waals surface area contributed by atoms with Crippen molar-refractivity contribution in [2.75, 3.05) is 11.9 Å². The molecule has 1 heterocycles. The Morgan fingerprint density at radius 1 is 0.672 bits per heavy atom. The fourth-order valence-corrected chi connectivity index (χ4v) is 11.0. The standard InChI is InChI=1S/C32H28Cl4O2S2.C17H16BrNS2/c1-18-6-4-5-7-23(18)31(40)30(39)20-10-8-19(9-11-20)12-13-38-29-26(35)16-22(17-27(29)36)32(2,3)21-14-24(33)28(37)25(34)15-21;1-12-4-2-3-5-15(12)17-16(20-19-21-17)14-8-6-13(7-9-14)10-11-18/h4-11,14-17,37,39-40H,12-13H2,1-3H3;2-9,19H,10-11H2,1H3/b31-30-;. The molecule has 6 aromatic rings. The lowest BCUT2D eigenvalue weighted by Crippen LogP contribution is -2.19. The van der Waals surface area contributed by atoms with Gasteiger partial charge in [0.2, 0.25) is 0 Å². The van der Waals surface area contributed by atoms with Crippen molar-refractivity contribution < 1.29 is 9.84 Å². The molecule has 6 aromatic carbocycles. The highest BCUT2D eigenvalue weighted by molar-refractivity contribution is 9.09. The van der Waals surface area contributed by atoms with Gasteiger partial charge >= 0.3 is 0 Å². The summed E-state index contributed by atoms with van der Waals surface area (Å²) in [5.41, 5.74) is 10.7. The monoisotopic (exact) mass is 1030 g/mol. The van der Waals surface area contributed by atoms with Crippen LogP contribution in [0, 0.1) is 13.8 Å². The number of aromatic hydroxyl groups is 1. The van der Waals surface area contributed by atoms with E-state index in [2.05, 4.69) is 101 Å². The molecule has 2 N–H and O–H groups in total. The number of aryl methyl sites for hydroxylation is 3. The van der Waals surface area contributed by atoms with Crippen molar-refractivity contribution in [3.8, 4) is 11.5 Å². The van der Waals surface area contributed by atoms with Gasteiger partial charge in [-0.3, -0.25) is 0 Å². The Kier molecular flexibility index (Phi) is 17.2. The van der Waals surface area contributed by atoms with Crippen molar-refractivity contribution in [2.45, 2.75) is 46.0 Å². The zero-order chi connectivity index (χ0) is 43.8. The Labute approximate surface area is 407 Å². The van der Waals surface area contributed by atoms with Crippen molar-refractivity contribution in [2.24, 2.45) is 0 Å². The summed E-state index contributed by atoms with van der Waals surface area (Å²) in [5.74, 6) is 0.286. The largest absolute Gasteiger partial charge is 0.505 e. The van der Waals surface area contributed by atoms with E-state index in [-0.39, 0.29) is 15.8 Å². The molecule has 0 atom stereocenters. The molecule has 12 heteroatoms. The first-order valence-electron chi connectivity index (χ1n) is 19.3. The number of benzene rings is 6. The molecule has 0 saturated carbocycles. The average Bonchev–Trinajstić information content (AvgIpc) is 3.74. The Bertz CT molecular complexity index is 2530. The molecule has 0 spiro atoms. The van der Waals surface area contributed by atoms with Gasteiger partial charge in [-0.2, -0.15) is 4.13 Å².